The first-order valence-corrected chi connectivity index (χ1v) is 3.44. The van der Waals surface area contributed by atoms with Crippen LogP contribution in [0.4, 0.5) is 8.78 Å². The lowest BCUT2D eigenvalue weighted by atomic mass is 10.3. The minimum atomic E-state index is -2.70. The van der Waals surface area contributed by atoms with E-state index in [1.165, 1.54) is 0 Å². The molecule has 0 aromatic carbocycles. The highest BCUT2D eigenvalue weighted by molar-refractivity contribution is 4.87. The summed E-state index contributed by atoms with van der Waals surface area (Å²) in [6.45, 7) is 1.74. The third-order valence-electron chi connectivity index (χ3n) is 1.45. The molecule has 0 spiro atoms. The third-order valence-corrected chi connectivity index (χ3v) is 1.45. The van der Waals surface area contributed by atoms with Crippen LogP contribution in [0.25, 0.3) is 0 Å². The molecule has 1 unspecified atom stereocenters. The van der Waals surface area contributed by atoms with Crippen LogP contribution >= 0.6 is 0 Å². The van der Waals surface area contributed by atoms with Gasteiger partial charge in [0.05, 0.1) is 6.04 Å². The van der Waals surface area contributed by atoms with E-state index in [-0.39, 0.29) is 11.9 Å². The Bertz CT molecular complexity index is 251. The summed E-state index contributed by atoms with van der Waals surface area (Å²) in [7, 11) is 1.68. The quantitative estimate of drug-likeness (QED) is 0.755. The minimum Gasteiger partial charge on any atom is -0.418 e. The van der Waals surface area contributed by atoms with Gasteiger partial charge in [0.1, 0.15) is 0 Å². The molecule has 4 nitrogen and oxygen atoms in total. The van der Waals surface area contributed by atoms with Crippen LogP contribution < -0.4 is 5.32 Å². The first-order chi connectivity index (χ1) is 5.65. The molecule has 0 radical (unpaired) electrons. The summed E-state index contributed by atoms with van der Waals surface area (Å²) in [6.07, 6.45) is -2.70. The zero-order valence-corrected chi connectivity index (χ0v) is 6.71. The molecule has 1 N–H and O–H groups in total. The van der Waals surface area contributed by atoms with E-state index in [4.69, 9.17) is 0 Å². The van der Waals surface area contributed by atoms with Gasteiger partial charge in [0.25, 0.3) is 5.89 Å². The fraction of sp³-hybridized carbons (Fsp3) is 0.667. The predicted molar refractivity (Wildman–Crippen MR) is 36.7 cm³/mol. The van der Waals surface area contributed by atoms with E-state index in [0.29, 0.717) is 0 Å². The Hall–Kier alpha value is -1.04. The molecule has 0 bridgehead atoms. The van der Waals surface area contributed by atoms with Crippen molar-refractivity contribution in [3.05, 3.63) is 11.8 Å². The maximum absolute atomic E-state index is 11.9. The van der Waals surface area contributed by atoms with Crippen molar-refractivity contribution in [1.29, 1.82) is 0 Å². The number of halogens is 2. The molecule has 12 heavy (non-hydrogen) atoms. The first kappa shape index (κ1) is 9.05. The lowest BCUT2D eigenvalue weighted by Gasteiger charge is -2.01. The van der Waals surface area contributed by atoms with Crippen molar-refractivity contribution >= 4 is 0 Å². The third kappa shape index (κ3) is 1.76. The molecule has 0 aliphatic rings. The topological polar surface area (TPSA) is 51.0 Å². The van der Waals surface area contributed by atoms with Gasteiger partial charge >= 0.3 is 6.43 Å². The lowest BCUT2D eigenvalue weighted by molar-refractivity contribution is 0.112. The van der Waals surface area contributed by atoms with Gasteiger partial charge < -0.3 is 9.73 Å². The van der Waals surface area contributed by atoms with Gasteiger partial charge in [-0.15, -0.1) is 10.2 Å². The molecule has 1 heterocycles. The fourth-order valence-electron chi connectivity index (χ4n) is 0.633. The average molecular weight is 177 g/mol. The van der Waals surface area contributed by atoms with Gasteiger partial charge in [-0.1, -0.05) is 0 Å². The lowest BCUT2D eigenvalue weighted by Crippen LogP contribution is -2.12. The molecule has 0 saturated heterocycles. The molecule has 1 atom stereocenters. The van der Waals surface area contributed by atoms with Crippen LogP contribution in [0.3, 0.4) is 0 Å². The summed E-state index contributed by atoms with van der Waals surface area (Å²) in [6, 6.07) is -0.204. The van der Waals surface area contributed by atoms with Crippen molar-refractivity contribution < 1.29 is 13.2 Å². The van der Waals surface area contributed by atoms with Crippen molar-refractivity contribution in [2.75, 3.05) is 7.05 Å². The number of hydrogen-bond donors (Lipinski definition) is 1. The highest BCUT2D eigenvalue weighted by Gasteiger charge is 2.18. The monoisotopic (exact) mass is 177 g/mol. The minimum absolute atomic E-state index is 0.174. The molecular weight excluding hydrogens is 168 g/mol. The van der Waals surface area contributed by atoms with E-state index in [9.17, 15) is 8.78 Å². The van der Waals surface area contributed by atoms with Crippen molar-refractivity contribution in [2.24, 2.45) is 0 Å². The highest BCUT2D eigenvalue weighted by Crippen LogP contribution is 2.18. The van der Waals surface area contributed by atoms with Crippen LogP contribution in [0.5, 0.6) is 0 Å². The zero-order valence-electron chi connectivity index (χ0n) is 6.71. The van der Waals surface area contributed by atoms with E-state index in [1.807, 2.05) is 0 Å². The van der Waals surface area contributed by atoms with Gasteiger partial charge in [0, 0.05) is 0 Å². The number of nitrogens with one attached hydrogen (secondary N) is 1. The first-order valence-electron chi connectivity index (χ1n) is 3.44. The van der Waals surface area contributed by atoms with E-state index < -0.39 is 12.3 Å². The molecule has 6 heteroatoms. The Morgan fingerprint density at radius 1 is 1.33 bits per heavy atom. The number of rotatable bonds is 3. The number of nitrogens with zero attached hydrogens (tertiary/aromatic N) is 2. The van der Waals surface area contributed by atoms with Gasteiger partial charge in [-0.05, 0) is 14.0 Å². The van der Waals surface area contributed by atoms with Crippen LogP contribution in [0.1, 0.15) is 31.2 Å². The number of aromatic nitrogens is 2. The maximum Gasteiger partial charge on any atom is 0.314 e. The molecule has 0 aliphatic heterocycles. The SMILES string of the molecule is CNC(C)c1nnc(C(F)F)o1. The van der Waals surface area contributed by atoms with Gasteiger partial charge in [-0.25, -0.2) is 0 Å². The zero-order chi connectivity index (χ0) is 9.14. The normalized spacial score (nSPS) is 13.8. The fourth-order valence-corrected chi connectivity index (χ4v) is 0.633. The summed E-state index contributed by atoms with van der Waals surface area (Å²) in [5, 5.41) is 9.42. The molecule has 0 amide bonds. The summed E-state index contributed by atoms with van der Waals surface area (Å²) in [4.78, 5) is 0. The summed E-state index contributed by atoms with van der Waals surface area (Å²) < 4.78 is 28.5. The average Bonchev–Trinajstić information content (AvgIpc) is 2.51. The Balaban J connectivity index is 2.77. The Labute approximate surface area is 68.0 Å². The Morgan fingerprint density at radius 3 is 2.33 bits per heavy atom. The molecule has 0 saturated carbocycles. The van der Waals surface area contributed by atoms with Crippen LogP contribution in [0.2, 0.25) is 0 Å². The summed E-state index contributed by atoms with van der Waals surface area (Å²) in [5.74, 6) is -0.458. The molecule has 1 rings (SSSR count). The van der Waals surface area contributed by atoms with Crippen molar-refractivity contribution in [3.63, 3.8) is 0 Å². The van der Waals surface area contributed by atoms with Crippen LogP contribution in [0, 0.1) is 0 Å². The molecule has 68 valence electrons. The number of alkyl halides is 2. The second-order valence-electron chi connectivity index (χ2n) is 2.29. The molecule has 0 aliphatic carbocycles. The van der Waals surface area contributed by atoms with E-state index in [2.05, 4.69) is 19.9 Å². The van der Waals surface area contributed by atoms with Gasteiger partial charge in [-0.3, -0.25) is 0 Å². The molecule has 1 aromatic heterocycles. The molecular formula is C6H9F2N3O. The standard InChI is InChI=1S/C6H9F2N3O/c1-3(9-2)5-10-11-6(12-5)4(7)8/h3-4,9H,1-2H3. The second kappa shape index (κ2) is 3.57. The number of hydrogen-bond acceptors (Lipinski definition) is 4. The molecule has 0 fully saturated rings. The van der Waals surface area contributed by atoms with Crippen LogP contribution in [0.15, 0.2) is 4.42 Å². The van der Waals surface area contributed by atoms with Gasteiger partial charge in [0.2, 0.25) is 5.89 Å². The van der Waals surface area contributed by atoms with Crippen LogP contribution in [-0.2, 0) is 0 Å². The second-order valence-corrected chi connectivity index (χ2v) is 2.29. The van der Waals surface area contributed by atoms with Crippen molar-refractivity contribution in [1.82, 2.24) is 15.5 Å². The van der Waals surface area contributed by atoms with E-state index >= 15 is 0 Å². The Morgan fingerprint density at radius 2 is 1.92 bits per heavy atom. The van der Waals surface area contributed by atoms with Crippen molar-refractivity contribution in [2.45, 2.75) is 19.4 Å². The van der Waals surface area contributed by atoms with E-state index in [1.54, 1.807) is 14.0 Å². The maximum atomic E-state index is 11.9. The largest absolute Gasteiger partial charge is 0.418 e. The smallest absolute Gasteiger partial charge is 0.314 e. The Kier molecular flexibility index (Phi) is 2.69. The molecule has 1 aromatic rings. The van der Waals surface area contributed by atoms with Gasteiger partial charge in [0.15, 0.2) is 0 Å². The predicted octanol–water partition coefficient (Wildman–Crippen LogP) is 1.29. The summed E-state index contributed by atoms with van der Waals surface area (Å²) in [5.41, 5.74) is 0. The van der Waals surface area contributed by atoms with Gasteiger partial charge in [-0.2, -0.15) is 8.78 Å². The van der Waals surface area contributed by atoms with Crippen LogP contribution in [-0.4, -0.2) is 17.2 Å². The van der Waals surface area contributed by atoms with E-state index in [0.717, 1.165) is 0 Å². The van der Waals surface area contributed by atoms with Crippen molar-refractivity contribution in [3.8, 4) is 0 Å². The summed E-state index contributed by atoms with van der Waals surface area (Å²) >= 11 is 0. The highest BCUT2D eigenvalue weighted by atomic mass is 19.3.